The Hall–Kier alpha value is -2.35. The van der Waals surface area contributed by atoms with Crippen LogP contribution in [-0.4, -0.2) is 55.7 Å². The normalized spacial score (nSPS) is 14.1. The van der Waals surface area contributed by atoms with Gasteiger partial charge in [0.05, 0.1) is 12.7 Å². The lowest BCUT2D eigenvalue weighted by molar-refractivity contribution is -0.414. The largest absolute Gasteiger partial charge is 0.487 e. The Bertz CT molecular complexity index is 746. The number of carbonyl (C=O) groups excluding carboxylic acids is 1. The maximum atomic E-state index is 13.6. The highest BCUT2D eigenvalue weighted by atomic mass is 19.4. The highest BCUT2D eigenvalue weighted by Crippen LogP contribution is 2.58. The second-order valence-electron chi connectivity index (χ2n) is 5.66. The molecule has 3 nitrogen and oxygen atoms in total. The number of halogens is 12. The number of benzene rings is 1. The Balaban J connectivity index is 3.13. The molecule has 0 saturated heterocycles. The summed E-state index contributed by atoms with van der Waals surface area (Å²) in [6.45, 7) is -2.73. The zero-order valence-corrected chi connectivity index (χ0v) is 14.4. The van der Waals surface area contributed by atoms with Crippen LogP contribution in [0.4, 0.5) is 52.7 Å². The van der Waals surface area contributed by atoms with E-state index in [0.717, 1.165) is 19.2 Å². The molecular formula is C15H10F12O3. The Labute approximate surface area is 159 Å². The molecule has 0 aliphatic rings. The summed E-state index contributed by atoms with van der Waals surface area (Å²) < 4.78 is 165. The predicted molar refractivity (Wildman–Crippen MR) is 74.0 cm³/mol. The van der Waals surface area contributed by atoms with Crippen molar-refractivity contribution >= 4 is 5.97 Å². The third-order valence-electron chi connectivity index (χ3n) is 3.64. The number of esters is 1. The Kier molecular flexibility index (Phi) is 6.90. The van der Waals surface area contributed by atoms with Gasteiger partial charge in [-0.25, -0.2) is 13.6 Å². The maximum Gasteiger partial charge on any atom is 0.384 e. The van der Waals surface area contributed by atoms with E-state index in [-0.39, 0.29) is 5.56 Å². The molecule has 1 rings (SSSR count). The molecule has 0 N–H and O–H groups in total. The highest BCUT2D eigenvalue weighted by molar-refractivity contribution is 5.89. The molecule has 0 amide bonds. The van der Waals surface area contributed by atoms with Gasteiger partial charge < -0.3 is 9.47 Å². The lowest BCUT2D eigenvalue weighted by Gasteiger charge is -2.39. The van der Waals surface area contributed by atoms with E-state index in [4.69, 9.17) is 0 Å². The van der Waals surface area contributed by atoms with Gasteiger partial charge in [-0.3, -0.25) is 0 Å². The maximum absolute atomic E-state index is 13.6. The van der Waals surface area contributed by atoms with Gasteiger partial charge in [0, 0.05) is 0 Å². The molecular weight excluding hydrogens is 456 g/mol. The molecule has 0 spiro atoms. The van der Waals surface area contributed by atoms with Gasteiger partial charge in [0.1, 0.15) is 5.75 Å². The van der Waals surface area contributed by atoms with Crippen LogP contribution in [0.2, 0.25) is 0 Å². The van der Waals surface area contributed by atoms with Crippen molar-refractivity contribution in [1.82, 2.24) is 0 Å². The molecule has 0 fully saturated rings. The molecule has 0 heterocycles. The minimum atomic E-state index is -7.61. The lowest BCUT2D eigenvalue weighted by atomic mass is 9.94. The summed E-state index contributed by atoms with van der Waals surface area (Å²) in [6.07, 6.45) is -5.56. The Morgan fingerprint density at radius 1 is 0.833 bits per heavy atom. The predicted octanol–water partition coefficient (Wildman–Crippen LogP) is 5.29. The SMILES string of the molecule is COC(=O)c1ccc(OCC(F)(F)C(F)(F)C(F)(F)C(F)(F)C(F)(F)C(F)F)cc1. The fourth-order valence-corrected chi connectivity index (χ4v) is 1.84. The number of ether oxygens (including phenoxy) is 2. The third kappa shape index (κ3) is 4.10. The zero-order valence-electron chi connectivity index (χ0n) is 14.4. The summed E-state index contributed by atoms with van der Waals surface area (Å²) in [7, 11) is 0.975. The molecule has 1 aromatic carbocycles. The topological polar surface area (TPSA) is 35.5 Å². The molecule has 0 atom stereocenters. The molecule has 15 heteroatoms. The van der Waals surface area contributed by atoms with E-state index in [9.17, 15) is 57.5 Å². The van der Waals surface area contributed by atoms with Crippen molar-refractivity contribution in [3.05, 3.63) is 29.8 Å². The van der Waals surface area contributed by atoms with Crippen LogP contribution < -0.4 is 4.74 Å². The van der Waals surface area contributed by atoms with E-state index in [1.807, 2.05) is 0 Å². The first-order valence-electron chi connectivity index (χ1n) is 7.35. The van der Waals surface area contributed by atoms with Gasteiger partial charge in [-0.05, 0) is 24.3 Å². The van der Waals surface area contributed by atoms with Crippen LogP contribution >= 0.6 is 0 Å². The van der Waals surface area contributed by atoms with Gasteiger partial charge in [-0.15, -0.1) is 0 Å². The standard InChI is InChI=1S/C15H10F12O3/c1-29-9(28)7-2-4-8(5-3-7)30-6-11(18,19)13(22,23)15(26,27)14(24,25)12(20,21)10(16)17/h2-5,10H,6H2,1H3. The molecule has 0 aliphatic carbocycles. The van der Waals surface area contributed by atoms with Crippen molar-refractivity contribution in [3.8, 4) is 5.75 Å². The van der Waals surface area contributed by atoms with Gasteiger partial charge in [0.2, 0.25) is 0 Å². The van der Waals surface area contributed by atoms with Crippen LogP contribution in [-0.2, 0) is 4.74 Å². The summed E-state index contributed by atoms with van der Waals surface area (Å²) in [6, 6.07) is 3.14. The van der Waals surface area contributed by atoms with Gasteiger partial charge >= 0.3 is 42.0 Å². The van der Waals surface area contributed by atoms with Gasteiger partial charge in [0.25, 0.3) is 0 Å². The minimum Gasteiger partial charge on any atom is -0.487 e. The second-order valence-corrected chi connectivity index (χ2v) is 5.66. The average molecular weight is 466 g/mol. The van der Waals surface area contributed by atoms with E-state index in [2.05, 4.69) is 9.47 Å². The summed E-state index contributed by atoms with van der Waals surface area (Å²) >= 11 is 0. The first kappa shape index (κ1) is 25.7. The summed E-state index contributed by atoms with van der Waals surface area (Å²) in [4.78, 5) is 11.2. The van der Waals surface area contributed by atoms with E-state index in [1.165, 1.54) is 0 Å². The molecule has 30 heavy (non-hydrogen) atoms. The Morgan fingerprint density at radius 3 is 1.70 bits per heavy atom. The molecule has 0 aromatic heterocycles. The molecule has 172 valence electrons. The molecule has 0 aliphatic heterocycles. The number of rotatable bonds is 9. The quantitative estimate of drug-likeness (QED) is 0.367. The smallest absolute Gasteiger partial charge is 0.384 e. The number of methoxy groups -OCH3 is 1. The third-order valence-corrected chi connectivity index (χ3v) is 3.64. The Morgan fingerprint density at radius 2 is 1.30 bits per heavy atom. The van der Waals surface area contributed by atoms with Crippen LogP contribution in [0.1, 0.15) is 10.4 Å². The van der Waals surface area contributed by atoms with E-state index < -0.39 is 54.4 Å². The molecule has 0 radical (unpaired) electrons. The van der Waals surface area contributed by atoms with Crippen LogP contribution in [0.15, 0.2) is 24.3 Å². The summed E-state index contributed by atoms with van der Waals surface area (Å²) in [5.74, 6) is -37.3. The lowest BCUT2D eigenvalue weighted by Crippen LogP contribution is -2.69. The van der Waals surface area contributed by atoms with Gasteiger partial charge in [0.15, 0.2) is 6.61 Å². The first-order chi connectivity index (χ1) is 13.4. The number of alkyl halides is 12. The van der Waals surface area contributed by atoms with Crippen LogP contribution in [0.25, 0.3) is 0 Å². The highest BCUT2D eigenvalue weighted by Gasteiger charge is 2.87. The molecule has 1 aromatic rings. The summed E-state index contributed by atoms with van der Waals surface area (Å²) in [5.41, 5.74) is -0.178. The van der Waals surface area contributed by atoms with E-state index in [1.54, 1.807) is 0 Å². The zero-order chi connectivity index (χ0) is 23.8. The number of carbonyl (C=O) groups is 1. The second kappa shape index (κ2) is 8.06. The van der Waals surface area contributed by atoms with Gasteiger partial charge in [-0.1, -0.05) is 0 Å². The van der Waals surface area contributed by atoms with Crippen molar-refractivity contribution in [3.63, 3.8) is 0 Å². The van der Waals surface area contributed by atoms with Crippen LogP contribution in [0, 0.1) is 0 Å². The monoisotopic (exact) mass is 466 g/mol. The minimum absolute atomic E-state index is 0.178. The van der Waals surface area contributed by atoms with E-state index >= 15 is 0 Å². The van der Waals surface area contributed by atoms with E-state index in [0.29, 0.717) is 12.1 Å². The van der Waals surface area contributed by atoms with Crippen molar-refractivity contribution < 1.29 is 67.0 Å². The molecule has 0 saturated carbocycles. The average Bonchev–Trinajstić information content (AvgIpc) is 2.65. The fraction of sp³-hybridized carbons (Fsp3) is 0.533. The van der Waals surface area contributed by atoms with Gasteiger partial charge in [-0.2, -0.15) is 43.9 Å². The first-order valence-corrected chi connectivity index (χ1v) is 7.35. The summed E-state index contributed by atoms with van der Waals surface area (Å²) in [5, 5.41) is 0. The molecule has 0 unspecified atom stereocenters. The van der Waals surface area contributed by atoms with Crippen molar-refractivity contribution in [2.45, 2.75) is 36.0 Å². The van der Waals surface area contributed by atoms with Crippen LogP contribution in [0.3, 0.4) is 0 Å². The van der Waals surface area contributed by atoms with Crippen molar-refractivity contribution in [1.29, 1.82) is 0 Å². The molecule has 0 bridgehead atoms. The van der Waals surface area contributed by atoms with Crippen molar-refractivity contribution in [2.75, 3.05) is 13.7 Å². The fourth-order valence-electron chi connectivity index (χ4n) is 1.84. The van der Waals surface area contributed by atoms with Crippen LogP contribution in [0.5, 0.6) is 5.75 Å². The number of hydrogen-bond acceptors (Lipinski definition) is 3. The van der Waals surface area contributed by atoms with Crippen molar-refractivity contribution in [2.24, 2.45) is 0 Å². The number of hydrogen-bond donors (Lipinski definition) is 0.